The average Bonchev–Trinajstić information content (AvgIpc) is 2.77. The normalized spacial score (nSPS) is 10.3. The van der Waals surface area contributed by atoms with E-state index in [1.807, 2.05) is 12.1 Å². The minimum absolute atomic E-state index is 0.195. The maximum Gasteiger partial charge on any atom is 0.239 e. The number of benzene rings is 1. The van der Waals surface area contributed by atoms with Gasteiger partial charge in [0.2, 0.25) is 11.8 Å². The van der Waals surface area contributed by atoms with Crippen LogP contribution >= 0.6 is 27.3 Å². The minimum atomic E-state index is -0.310. The first kappa shape index (κ1) is 14.7. The molecular weight excluding hydrogens is 340 g/mol. The summed E-state index contributed by atoms with van der Waals surface area (Å²) in [5.74, 6) is -0.563. The number of imide groups is 1. The molecule has 2 N–H and O–H groups in total. The Balaban J connectivity index is 2.22. The van der Waals surface area contributed by atoms with E-state index in [-0.39, 0.29) is 18.2 Å². The van der Waals surface area contributed by atoms with Gasteiger partial charge in [0.1, 0.15) is 0 Å². The molecule has 2 rings (SSSR count). The lowest BCUT2D eigenvalue weighted by molar-refractivity contribution is -0.125. The summed E-state index contributed by atoms with van der Waals surface area (Å²) in [4.78, 5) is 26.1. The predicted molar refractivity (Wildman–Crippen MR) is 84.7 cm³/mol. The molecule has 0 aliphatic heterocycles. The number of amides is 2. The SMILES string of the molecule is CC(=O)N(C(=O)Cc1ccc(Br)s1)c1ccc(N)cc1. The molecule has 6 heteroatoms. The molecule has 1 aromatic carbocycles. The molecule has 20 heavy (non-hydrogen) atoms. The Morgan fingerprint density at radius 2 is 1.85 bits per heavy atom. The van der Waals surface area contributed by atoms with E-state index in [9.17, 15) is 9.59 Å². The van der Waals surface area contributed by atoms with E-state index < -0.39 is 0 Å². The highest BCUT2D eigenvalue weighted by atomic mass is 79.9. The molecule has 0 aliphatic rings. The molecule has 0 unspecified atom stereocenters. The van der Waals surface area contributed by atoms with Gasteiger partial charge in [-0.1, -0.05) is 0 Å². The average molecular weight is 353 g/mol. The molecule has 0 radical (unpaired) electrons. The lowest BCUT2D eigenvalue weighted by atomic mass is 10.2. The lowest BCUT2D eigenvalue weighted by Gasteiger charge is -2.19. The molecule has 0 fully saturated rings. The van der Waals surface area contributed by atoms with Crippen LogP contribution in [0.3, 0.4) is 0 Å². The summed E-state index contributed by atoms with van der Waals surface area (Å²) >= 11 is 4.83. The number of thiophene rings is 1. The summed E-state index contributed by atoms with van der Waals surface area (Å²) < 4.78 is 0.960. The molecule has 2 amide bonds. The van der Waals surface area contributed by atoms with E-state index in [1.54, 1.807) is 24.3 Å². The first-order valence-electron chi connectivity index (χ1n) is 5.90. The number of hydrogen-bond donors (Lipinski definition) is 1. The van der Waals surface area contributed by atoms with Gasteiger partial charge < -0.3 is 5.73 Å². The van der Waals surface area contributed by atoms with Crippen LogP contribution in [0, 0.1) is 0 Å². The number of carbonyl (C=O) groups is 2. The second-order valence-electron chi connectivity index (χ2n) is 4.22. The van der Waals surface area contributed by atoms with Crippen LogP contribution < -0.4 is 10.6 Å². The first-order chi connectivity index (χ1) is 9.47. The Hall–Kier alpha value is -1.66. The fraction of sp³-hybridized carbons (Fsp3) is 0.143. The van der Waals surface area contributed by atoms with Crippen molar-refractivity contribution in [3.63, 3.8) is 0 Å². The quantitative estimate of drug-likeness (QED) is 0.862. The van der Waals surface area contributed by atoms with Crippen LogP contribution in [0.2, 0.25) is 0 Å². The van der Waals surface area contributed by atoms with E-state index in [4.69, 9.17) is 5.73 Å². The Morgan fingerprint density at radius 1 is 1.20 bits per heavy atom. The van der Waals surface area contributed by atoms with Crippen molar-refractivity contribution in [2.45, 2.75) is 13.3 Å². The monoisotopic (exact) mass is 352 g/mol. The van der Waals surface area contributed by atoms with Gasteiger partial charge in [-0.3, -0.25) is 14.5 Å². The minimum Gasteiger partial charge on any atom is -0.399 e. The van der Waals surface area contributed by atoms with Crippen molar-refractivity contribution >= 4 is 50.5 Å². The maximum absolute atomic E-state index is 12.3. The summed E-state index contributed by atoms with van der Waals surface area (Å²) in [7, 11) is 0. The fourth-order valence-corrected chi connectivity index (χ4v) is 3.27. The molecule has 2 aromatic rings. The van der Waals surface area contributed by atoms with Crippen LogP contribution in [0.4, 0.5) is 11.4 Å². The van der Waals surface area contributed by atoms with Crippen LogP contribution in [0.15, 0.2) is 40.2 Å². The number of carbonyl (C=O) groups excluding carboxylic acids is 2. The van der Waals surface area contributed by atoms with E-state index in [0.717, 1.165) is 8.66 Å². The third-order valence-corrected chi connectivity index (χ3v) is 4.29. The highest BCUT2D eigenvalue weighted by molar-refractivity contribution is 9.11. The fourth-order valence-electron chi connectivity index (χ4n) is 1.80. The number of rotatable bonds is 3. The smallest absolute Gasteiger partial charge is 0.239 e. The summed E-state index contributed by atoms with van der Waals surface area (Å²) in [6.07, 6.45) is 0.195. The second kappa shape index (κ2) is 6.19. The van der Waals surface area contributed by atoms with E-state index in [1.165, 1.54) is 23.2 Å². The Bertz CT molecular complexity index is 637. The van der Waals surface area contributed by atoms with Gasteiger partial charge in [-0.05, 0) is 52.3 Å². The largest absolute Gasteiger partial charge is 0.399 e. The predicted octanol–water partition coefficient (Wildman–Crippen LogP) is 3.22. The standard InChI is InChI=1S/C14H13BrN2O2S/c1-9(18)17(11-4-2-10(16)3-5-11)14(19)8-12-6-7-13(15)20-12/h2-7H,8,16H2,1H3. The molecule has 0 atom stereocenters. The molecule has 0 saturated heterocycles. The van der Waals surface area contributed by atoms with Crippen molar-refractivity contribution in [2.75, 3.05) is 10.6 Å². The second-order valence-corrected chi connectivity index (χ2v) is 6.77. The molecule has 1 heterocycles. The molecule has 0 spiro atoms. The molecular formula is C14H13BrN2O2S. The lowest BCUT2D eigenvalue weighted by Crippen LogP contribution is -2.36. The number of nitrogens with two attached hydrogens (primary N) is 1. The van der Waals surface area contributed by atoms with Crippen molar-refractivity contribution in [3.05, 3.63) is 45.1 Å². The highest BCUT2D eigenvalue weighted by Gasteiger charge is 2.20. The van der Waals surface area contributed by atoms with Crippen LogP contribution in [0.25, 0.3) is 0 Å². The van der Waals surface area contributed by atoms with Crippen molar-refractivity contribution < 1.29 is 9.59 Å². The van der Waals surface area contributed by atoms with Gasteiger partial charge in [0.15, 0.2) is 0 Å². The molecule has 0 aliphatic carbocycles. The summed E-state index contributed by atoms with van der Waals surface area (Å²) in [6, 6.07) is 10.4. The van der Waals surface area contributed by atoms with E-state index in [0.29, 0.717) is 11.4 Å². The van der Waals surface area contributed by atoms with Crippen molar-refractivity contribution in [1.82, 2.24) is 0 Å². The van der Waals surface area contributed by atoms with Crippen molar-refractivity contribution in [1.29, 1.82) is 0 Å². The summed E-state index contributed by atoms with van der Waals surface area (Å²) in [5.41, 5.74) is 6.74. The van der Waals surface area contributed by atoms with Crippen LogP contribution in [-0.2, 0) is 16.0 Å². The van der Waals surface area contributed by atoms with Crippen LogP contribution in [-0.4, -0.2) is 11.8 Å². The molecule has 0 saturated carbocycles. The molecule has 1 aromatic heterocycles. The van der Waals surface area contributed by atoms with Gasteiger partial charge in [-0.15, -0.1) is 11.3 Å². The van der Waals surface area contributed by atoms with Gasteiger partial charge in [0.25, 0.3) is 0 Å². The highest BCUT2D eigenvalue weighted by Crippen LogP contribution is 2.24. The number of hydrogen-bond acceptors (Lipinski definition) is 4. The summed E-state index contributed by atoms with van der Waals surface area (Å²) in [6.45, 7) is 1.37. The zero-order valence-electron chi connectivity index (χ0n) is 10.8. The number of anilines is 2. The summed E-state index contributed by atoms with van der Waals surface area (Å²) in [5, 5.41) is 0. The van der Waals surface area contributed by atoms with Crippen molar-refractivity contribution in [3.8, 4) is 0 Å². The van der Waals surface area contributed by atoms with Gasteiger partial charge >= 0.3 is 0 Å². The Kier molecular flexibility index (Phi) is 4.57. The van der Waals surface area contributed by atoms with Crippen LogP contribution in [0.5, 0.6) is 0 Å². The van der Waals surface area contributed by atoms with Gasteiger partial charge in [-0.2, -0.15) is 0 Å². The van der Waals surface area contributed by atoms with E-state index in [2.05, 4.69) is 15.9 Å². The number of nitrogens with zero attached hydrogens (tertiary/aromatic N) is 1. The van der Waals surface area contributed by atoms with Gasteiger partial charge in [0.05, 0.1) is 15.9 Å². The third-order valence-electron chi connectivity index (χ3n) is 2.67. The zero-order chi connectivity index (χ0) is 14.7. The topological polar surface area (TPSA) is 63.4 Å². The molecule has 4 nitrogen and oxygen atoms in total. The van der Waals surface area contributed by atoms with Gasteiger partial charge in [0, 0.05) is 17.5 Å². The zero-order valence-corrected chi connectivity index (χ0v) is 13.2. The first-order valence-corrected chi connectivity index (χ1v) is 7.51. The van der Waals surface area contributed by atoms with Crippen LogP contribution in [0.1, 0.15) is 11.8 Å². The van der Waals surface area contributed by atoms with Crippen molar-refractivity contribution in [2.24, 2.45) is 0 Å². The molecule has 104 valence electrons. The Morgan fingerprint density at radius 3 is 2.35 bits per heavy atom. The third kappa shape index (κ3) is 3.46. The maximum atomic E-state index is 12.3. The Labute approximate surface area is 129 Å². The molecule has 0 bridgehead atoms. The van der Waals surface area contributed by atoms with E-state index >= 15 is 0 Å². The number of nitrogen functional groups attached to an aromatic ring is 1. The van der Waals surface area contributed by atoms with Gasteiger partial charge in [-0.25, -0.2) is 0 Å². The number of halogens is 1.